The lowest BCUT2D eigenvalue weighted by atomic mass is 9.91. The van der Waals surface area contributed by atoms with Crippen molar-refractivity contribution in [3.63, 3.8) is 0 Å². The van der Waals surface area contributed by atoms with Gasteiger partial charge in [0.1, 0.15) is 0 Å². The first kappa shape index (κ1) is 23.0. The summed E-state index contributed by atoms with van der Waals surface area (Å²) in [5.41, 5.74) is 0.328. The Bertz CT molecular complexity index is 584. The average molecular weight is 434 g/mol. The second-order valence-electron chi connectivity index (χ2n) is 8.36. The smallest absolute Gasteiger partial charge is 0.223 e. The molecule has 1 spiro atoms. The number of carbonyl (C=O) groups excluding carboxylic acids is 1. The van der Waals surface area contributed by atoms with E-state index in [1.165, 1.54) is 30.6 Å². The van der Waals surface area contributed by atoms with Crippen molar-refractivity contribution in [2.75, 3.05) is 32.7 Å². The molecular weight excluding hydrogens is 401 g/mol. The van der Waals surface area contributed by atoms with Gasteiger partial charge >= 0.3 is 0 Å². The molecule has 7 heteroatoms. The number of carbonyl (C=O) groups is 1. The summed E-state index contributed by atoms with van der Waals surface area (Å²) < 4.78 is 0. The van der Waals surface area contributed by atoms with Gasteiger partial charge in [0.05, 0.1) is 6.04 Å². The summed E-state index contributed by atoms with van der Waals surface area (Å²) in [6.45, 7) is 7.57. The van der Waals surface area contributed by atoms with Crippen LogP contribution in [0.3, 0.4) is 0 Å². The van der Waals surface area contributed by atoms with Gasteiger partial charge in [-0.25, -0.2) is 0 Å². The second-order valence-corrected chi connectivity index (χ2v) is 9.34. The zero-order valence-electron chi connectivity index (χ0n) is 16.1. The van der Waals surface area contributed by atoms with E-state index >= 15 is 0 Å². The van der Waals surface area contributed by atoms with Gasteiger partial charge in [-0.1, -0.05) is 13.0 Å². The third-order valence-electron chi connectivity index (χ3n) is 6.71. The molecule has 154 valence electrons. The minimum atomic E-state index is 0. The van der Waals surface area contributed by atoms with E-state index in [4.69, 9.17) is 0 Å². The SMILES string of the molecule is CC1CCN(C(CNC(=O)C2CC23CCNCC3)c2cccs2)CC1.Cl.Cl. The van der Waals surface area contributed by atoms with Crippen molar-refractivity contribution in [3.8, 4) is 0 Å². The van der Waals surface area contributed by atoms with Crippen LogP contribution in [0.2, 0.25) is 0 Å². The van der Waals surface area contributed by atoms with Crippen LogP contribution in [-0.4, -0.2) is 43.5 Å². The number of amides is 1. The molecule has 2 unspecified atom stereocenters. The van der Waals surface area contributed by atoms with Crippen LogP contribution in [0.25, 0.3) is 0 Å². The van der Waals surface area contributed by atoms with Gasteiger partial charge in [-0.3, -0.25) is 9.69 Å². The molecule has 1 aliphatic carbocycles. The molecule has 3 fully saturated rings. The maximum atomic E-state index is 12.7. The van der Waals surface area contributed by atoms with Crippen molar-refractivity contribution in [2.45, 2.75) is 45.1 Å². The molecule has 0 radical (unpaired) electrons. The van der Waals surface area contributed by atoms with Gasteiger partial charge in [0.25, 0.3) is 0 Å². The van der Waals surface area contributed by atoms with Crippen LogP contribution in [0.15, 0.2) is 17.5 Å². The van der Waals surface area contributed by atoms with E-state index in [1.807, 2.05) is 11.3 Å². The molecule has 27 heavy (non-hydrogen) atoms. The second kappa shape index (κ2) is 9.93. The predicted molar refractivity (Wildman–Crippen MR) is 117 cm³/mol. The Hall–Kier alpha value is -0.330. The predicted octanol–water partition coefficient (Wildman–Crippen LogP) is 3.87. The zero-order chi connectivity index (χ0) is 17.3. The lowest BCUT2D eigenvalue weighted by molar-refractivity contribution is -0.123. The fourth-order valence-electron chi connectivity index (χ4n) is 4.75. The average Bonchev–Trinajstić information content (AvgIpc) is 3.06. The summed E-state index contributed by atoms with van der Waals surface area (Å²) >= 11 is 1.82. The van der Waals surface area contributed by atoms with Gasteiger partial charge in [0.2, 0.25) is 5.91 Å². The minimum absolute atomic E-state index is 0. The van der Waals surface area contributed by atoms with Crippen LogP contribution >= 0.6 is 36.2 Å². The van der Waals surface area contributed by atoms with E-state index in [0.717, 1.165) is 45.1 Å². The molecule has 0 aromatic carbocycles. The number of nitrogens with zero attached hydrogens (tertiary/aromatic N) is 1. The lowest BCUT2D eigenvalue weighted by Crippen LogP contribution is -2.42. The van der Waals surface area contributed by atoms with Gasteiger partial charge < -0.3 is 10.6 Å². The Morgan fingerprint density at radius 2 is 2.04 bits per heavy atom. The van der Waals surface area contributed by atoms with E-state index in [-0.39, 0.29) is 30.7 Å². The Morgan fingerprint density at radius 1 is 1.33 bits per heavy atom. The summed E-state index contributed by atoms with van der Waals surface area (Å²) in [7, 11) is 0. The van der Waals surface area contributed by atoms with Crippen LogP contribution in [-0.2, 0) is 4.79 Å². The van der Waals surface area contributed by atoms with Gasteiger partial charge in [-0.15, -0.1) is 36.2 Å². The lowest BCUT2D eigenvalue weighted by Gasteiger charge is -2.36. The first-order chi connectivity index (χ1) is 12.2. The van der Waals surface area contributed by atoms with Crippen molar-refractivity contribution in [3.05, 3.63) is 22.4 Å². The standard InChI is InChI=1S/C20H31N3OS.2ClH/c1-15-4-10-23(11-5-15)17(18-3-2-12-25-18)14-22-19(24)16-13-20(16)6-8-21-9-7-20;;/h2-3,12,15-17,21H,4-11,13-14H2,1H3,(H,22,24);2*1H. The van der Waals surface area contributed by atoms with Crippen molar-refractivity contribution >= 4 is 42.1 Å². The third-order valence-corrected chi connectivity index (χ3v) is 7.68. The molecule has 1 saturated carbocycles. The molecular formula is C20H33Cl2N3OS. The molecule has 2 aliphatic heterocycles. The number of piperidine rings is 2. The summed E-state index contributed by atoms with van der Waals surface area (Å²) in [4.78, 5) is 16.7. The first-order valence-corrected chi connectivity index (χ1v) is 10.8. The topological polar surface area (TPSA) is 44.4 Å². The molecule has 3 aliphatic rings. The van der Waals surface area contributed by atoms with E-state index in [1.54, 1.807) is 0 Å². The monoisotopic (exact) mass is 433 g/mol. The number of nitrogens with one attached hydrogen (secondary N) is 2. The first-order valence-electron chi connectivity index (χ1n) is 9.94. The van der Waals surface area contributed by atoms with Crippen molar-refractivity contribution in [1.29, 1.82) is 0 Å². The van der Waals surface area contributed by atoms with Crippen molar-refractivity contribution in [1.82, 2.24) is 15.5 Å². The van der Waals surface area contributed by atoms with Gasteiger partial charge in [-0.2, -0.15) is 0 Å². The minimum Gasteiger partial charge on any atom is -0.354 e. The molecule has 4 nitrogen and oxygen atoms in total. The van der Waals surface area contributed by atoms with Crippen LogP contribution in [0.1, 0.15) is 49.9 Å². The maximum absolute atomic E-state index is 12.7. The molecule has 2 N–H and O–H groups in total. The number of hydrogen-bond donors (Lipinski definition) is 2. The Morgan fingerprint density at radius 3 is 2.67 bits per heavy atom. The summed E-state index contributed by atoms with van der Waals surface area (Å²) in [6.07, 6.45) is 5.99. The maximum Gasteiger partial charge on any atom is 0.223 e. The fraction of sp³-hybridized carbons (Fsp3) is 0.750. The highest BCUT2D eigenvalue weighted by Crippen LogP contribution is 2.58. The van der Waals surface area contributed by atoms with Gasteiger partial charge in [0.15, 0.2) is 0 Å². The number of rotatable bonds is 5. The normalized spacial score (nSPS) is 25.9. The molecule has 2 atom stereocenters. The van der Waals surface area contributed by atoms with E-state index in [0.29, 0.717) is 17.4 Å². The van der Waals surface area contributed by atoms with Gasteiger partial charge in [-0.05, 0) is 81.1 Å². The number of thiophene rings is 1. The summed E-state index contributed by atoms with van der Waals surface area (Å²) in [5.74, 6) is 1.40. The largest absolute Gasteiger partial charge is 0.354 e. The van der Waals surface area contributed by atoms with Crippen molar-refractivity contribution in [2.24, 2.45) is 17.3 Å². The Balaban J connectivity index is 0.00000131. The highest BCUT2D eigenvalue weighted by molar-refractivity contribution is 7.10. The van der Waals surface area contributed by atoms with E-state index < -0.39 is 0 Å². The third kappa shape index (κ3) is 5.18. The Kier molecular flexibility index (Phi) is 8.44. The van der Waals surface area contributed by atoms with Crippen LogP contribution in [0, 0.1) is 17.3 Å². The molecule has 3 heterocycles. The molecule has 1 aromatic heterocycles. The molecule has 1 amide bonds. The summed E-state index contributed by atoms with van der Waals surface area (Å²) in [6, 6.07) is 4.70. The van der Waals surface area contributed by atoms with Gasteiger partial charge in [0, 0.05) is 17.3 Å². The highest BCUT2D eigenvalue weighted by Gasteiger charge is 2.57. The Labute approximate surface area is 179 Å². The molecule has 0 bridgehead atoms. The highest BCUT2D eigenvalue weighted by atomic mass is 35.5. The van der Waals surface area contributed by atoms with Crippen LogP contribution in [0.5, 0.6) is 0 Å². The van der Waals surface area contributed by atoms with Crippen molar-refractivity contribution < 1.29 is 4.79 Å². The number of hydrogen-bond acceptors (Lipinski definition) is 4. The molecule has 4 rings (SSSR count). The van der Waals surface area contributed by atoms with E-state index in [9.17, 15) is 4.79 Å². The van der Waals surface area contributed by atoms with Crippen LogP contribution in [0.4, 0.5) is 0 Å². The van der Waals surface area contributed by atoms with E-state index in [2.05, 4.69) is 40.0 Å². The number of halogens is 2. The quantitative estimate of drug-likeness (QED) is 0.740. The fourth-order valence-corrected chi connectivity index (χ4v) is 5.61. The summed E-state index contributed by atoms with van der Waals surface area (Å²) in [5, 5.41) is 8.89. The molecule has 1 aromatic rings. The molecule has 2 saturated heterocycles. The number of likely N-dealkylation sites (tertiary alicyclic amines) is 1. The zero-order valence-corrected chi connectivity index (χ0v) is 18.6. The van der Waals surface area contributed by atoms with Crippen LogP contribution < -0.4 is 10.6 Å².